The number of hydrogen-bond donors (Lipinski definition) is 1. The van der Waals surface area contributed by atoms with Crippen LogP contribution in [-0.2, 0) is 0 Å². The zero-order valence-corrected chi connectivity index (χ0v) is 16.3. The van der Waals surface area contributed by atoms with Crippen molar-refractivity contribution in [3.8, 4) is 17.2 Å². The summed E-state index contributed by atoms with van der Waals surface area (Å²) in [5, 5.41) is 14.2. The highest BCUT2D eigenvalue weighted by Crippen LogP contribution is 2.38. The highest BCUT2D eigenvalue weighted by Gasteiger charge is 2.19. The van der Waals surface area contributed by atoms with E-state index in [2.05, 4.69) is 10.3 Å². The second-order valence-corrected chi connectivity index (χ2v) is 6.39. The Balaban J connectivity index is 1.86. The molecule has 1 N–H and O–H groups in total. The minimum Gasteiger partial charge on any atom is -0.493 e. The van der Waals surface area contributed by atoms with Crippen LogP contribution in [0.3, 0.4) is 0 Å². The fourth-order valence-corrected chi connectivity index (χ4v) is 2.70. The molecular weight excluding hydrogens is 398 g/mol. The molecule has 0 unspecified atom stereocenters. The lowest BCUT2D eigenvalue weighted by Gasteiger charge is -2.12. The number of hydrogen-bond acceptors (Lipinski definition) is 6. The number of rotatable bonds is 6. The number of methoxy groups -OCH3 is 1. The minimum absolute atomic E-state index is 0.00105. The van der Waals surface area contributed by atoms with E-state index in [4.69, 9.17) is 21.1 Å². The molecule has 0 saturated carbocycles. The Morgan fingerprint density at radius 3 is 2.55 bits per heavy atom. The summed E-state index contributed by atoms with van der Waals surface area (Å²) in [6, 6.07) is 13.8. The lowest BCUT2D eigenvalue weighted by molar-refractivity contribution is -0.385. The van der Waals surface area contributed by atoms with Crippen LogP contribution in [0.25, 0.3) is 0 Å². The van der Waals surface area contributed by atoms with Crippen molar-refractivity contribution in [2.45, 2.75) is 6.92 Å². The first-order valence-electron chi connectivity index (χ1n) is 8.42. The molecular formula is C20H16ClN3O5. The van der Waals surface area contributed by atoms with E-state index in [-0.39, 0.29) is 33.9 Å². The summed E-state index contributed by atoms with van der Waals surface area (Å²) in [7, 11) is 1.41. The van der Waals surface area contributed by atoms with Gasteiger partial charge in [0.2, 0.25) is 5.75 Å². The Morgan fingerprint density at radius 2 is 1.86 bits per heavy atom. The van der Waals surface area contributed by atoms with Crippen molar-refractivity contribution < 1.29 is 19.2 Å². The first-order chi connectivity index (χ1) is 13.9. The van der Waals surface area contributed by atoms with Crippen LogP contribution in [-0.4, -0.2) is 22.9 Å². The van der Waals surface area contributed by atoms with Gasteiger partial charge in [0.25, 0.3) is 5.91 Å². The van der Waals surface area contributed by atoms with Gasteiger partial charge in [-0.2, -0.15) is 0 Å². The Bertz CT molecular complexity index is 1090. The second kappa shape index (κ2) is 8.57. The van der Waals surface area contributed by atoms with Gasteiger partial charge in [-0.05, 0) is 49.4 Å². The molecule has 8 nitrogen and oxygen atoms in total. The van der Waals surface area contributed by atoms with Crippen molar-refractivity contribution >= 4 is 29.0 Å². The Hall–Kier alpha value is -3.65. The number of carbonyl (C=O) groups excluding carboxylic acids is 1. The summed E-state index contributed by atoms with van der Waals surface area (Å²) in [6.07, 6.45) is 0. The van der Waals surface area contributed by atoms with Gasteiger partial charge in [-0.15, -0.1) is 0 Å². The maximum absolute atomic E-state index is 12.5. The van der Waals surface area contributed by atoms with E-state index in [0.717, 1.165) is 5.69 Å². The number of nitro benzene ring substituents is 1. The lowest BCUT2D eigenvalue weighted by Crippen LogP contribution is -2.13. The molecule has 0 fully saturated rings. The standard InChI is InChI=1S/C20H16ClN3O5/c1-12-4-3-5-19(22-12)23-20(25)13-6-8-17(18(10-13)28-2)29-16-9-7-14(21)11-15(16)24(26)27/h3-11H,1-2H3,(H,22,23,25). The van der Waals surface area contributed by atoms with Gasteiger partial charge in [0, 0.05) is 22.3 Å². The smallest absolute Gasteiger partial charge is 0.313 e. The molecule has 0 aliphatic carbocycles. The molecule has 9 heteroatoms. The van der Waals surface area contributed by atoms with Crippen LogP contribution in [0.2, 0.25) is 5.02 Å². The van der Waals surface area contributed by atoms with E-state index in [1.807, 2.05) is 13.0 Å². The molecule has 29 heavy (non-hydrogen) atoms. The minimum atomic E-state index is -0.593. The van der Waals surface area contributed by atoms with Crippen molar-refractivity contribution in [1.29, 1.82) is 0 Å². The number of nitrogens with one attached hydrogen (secondary N) is 1. The molecule has 1 aromatic heterocycles. The van der Waals surface area contributed by atoms with Gasteiger partial charge in [-0.3, -0.25) is 14.9 Å². The maximum Gasteiger partial charge on any atom is 0.313 e. The molecule has 0 radical (unpaired) electrons. The zero-order chi connectivity index (χ0) is 21.0. The highest BCUT2D eigenvalue weighted by molar-refractivity contribution is 6.30. The van der Waals surface area contributed by atoms with Crippen LogP contribution in [0.1, 0.15) is 16.1 Å². The van der Waals surface area contributed by atoms with Crippen LogP contribution in [0.15, 0.2) is 54.6 Å². The van der Waals surface area contributed by atoms with E-state index in [1.165, 1.54) is 43.5 Å². The molecule has 0 saturated heterocycles. The van der Waals surface area contributed by atoms with Gasteiger partial charge in [0.1, 0.15) is 5.82 Å². The summed E-state index contributed by atoms with van der Waals surface area (Å²) < 4.78 is 10.9. The third-order valence-electron chi connectivity index (χ3n) is 3.89. The summed E-state index contributed by atoms with van der Waals surface area (Å²) in [5.74, 6) is 0.484. The normalized spacial score (nSPS) is 10.3. The van der Waals surface area contributed by atoms with Crippen LogP contribution in [0.5, 0.6) is 17.2 Å². The number of ether oxygens (including phenoxy) is 2. The van der Waals surface area contributed by atoms with E-state index >= 15 is 0 Å². The Labute approximate surface area is 171 Å². The molecule has 0 spiro atoms. The molecule has 0 aliphatic heterocycles. The molecule has 3 rings (SSSR count). The predicted molar refractivity (Wildman–Crippen MR) is 108 cm³/mol. The number of amides is 1. The van der Waals surface area contributed by atoms with E-state index < -0.39 is 4.92 Å². The molecule has 0 atom stereocenters. The molecule has 2 aromatic carbocycles. The maximum atomic E-state index is 12.5. The van der Waals surface area contributed by atoms with Crippen LogP contribution in [0, 0.1) is 17.0 Å². The first-order valence-corrected chi connectivity index (χ1v) is 8.80. The molecule has 3 aromatic rings. The number of nitro groups is 1. The molecule has 1 amide bonds. The van der Waals surface area contributed by atoms with Gasteiger partial charge in [-0.25, -0.2) is 4.98 Å². The molecule has 1 heterocycles. The number of nitrogens with zero attached hydrogens (tertiary/aromatic N) is 2. The summed E-state index contributed by atoms with van der Waals surface area (Å²) in [4.78, 5) is 27.4. The summed E-state index contributed by atoms with van der Waals surface area (Å²) >= 11 is 5.82. The lowest BCUT2D eigenvalue weighted by atomic mass is 10.2. The fraction of sp³-hybridized carbons (Fsp3) is 0.100. The van der Waals surface area contributed by atoms with Crippen LogP contribution >= 0.6 is 11.6 Å². The van der Waals surface area contributed by atoms with E-state index in [0.29, 0.717) is 11.4 Å². The van der Waals surface area contributed by atoms with Gasteiger partial charge < -0.3 is 14.8 Å². The third-order valence-corrected chi connectivity index (χ3v) is 4.13. The SMILES string of the molecule is COc1cc(C(=O)Nc2cccc(C)n2)ccc1Oc1ccc(Cl)cc1[N+](=O)[O-]. The molecule has 0 bridgehead atoms. The summed E-state index contributed by atoms with van der Waals surface area (Å²) in [5.41, 5.74) is 0.795. The molecule has 148 valence electrons. The van der Waals surface area contributed by atoms with Gasteiger partial charge in [0.05, 0.1) is 12.0 Å². The number of pyridine rings is 1. The number of aryl methyl sites for hydroxylation is 1. The highest BCUT2D eigenvalue weighted by atomic mass is 35.5. The van der Waals surface area contributed by atoms with Crippen LogP contribution < -0.4 is 14.8 Å². The van der Waals surface area contributed by atoms with Gasteiger partial charge in [0.15, 0.2) is 11.5 Å². The van der Waals surface area contributed by atoms with Crippen molar-refractivity contribution in [2.24, 2.45) is 0 Å². The third kappa shape index (κ3) is 4.80. The number of halogens is 1. The Kier molecular flexibility index (Phi) is 5.94. The van der Waals surface area contributed by atoms with Crippen molar-refractivity contribution in [3.05, 3.63) is 81.0 Å². The number of anilines is 1. The fourth-order valence-electron chi connectivity index (χ4n) is 2.53. The average molecular weight is 414 g/mol. The van der Waals surface area contributed by atoms with Crippen LogP contribution in [0.4, 0.5) is 11.5 Å². The van der Waals surface area contributed by atoms with Crippen molar-refractivity contribution in [1.82, 2.24) is 4.98 Å². The molecule has 0 aliphatic rings. The van der Waals surface area contributed by atoms with Gasteiger partial charge in [-0.1, -0.05) is 17.7 Å². The predicted octanol–water partition coefficient (Wildman–Crippen LogP) is 5.00. The van der Waals surface area contributed by atoms with E-state index in [1.54, 1.807) is 12.1 Å². The van der Waals surface area contributed by atoms with Crippen molar-refractivity contribution in [3.63, 3.8) is 0 Å². The van der Waals surface area contributed by atoms with Gasteiger partial charge >= 0.3 is 5.69 Å². The average Bonchev–Trinajstić information content (AvgIpc) is 2.69. The zero-order valence-electron chi connectivity index (χ0n) is 15.5. The quantitative estimate of drug-likeness (QED) is 0.450. The van der Waals surface area contributed by atoms with E-state index in [9.17, 15) is 14.9 Å². The monoisotopic (exact) mass is 413 g/mol. The summed E-state index contributed by atoms with van der Waals surface area (Å²) in [6.45, 7) is 1.82. The number of carbonyl (C=O) groups is 1. The second-order valence-electron chi connectivity index (χ2n) is 5.96. The first kappa shape index (κ1) is 20.1. The number of benzene rings is 2. The number of aromatic nitrogens is 1. The topological polar surface area (TPSA) is 104 Å². The van der Waals surface area contributed by atoms with Crippen molar-refractivity contribution in [2.75, 3.05) is 12.4 Å². The largest absolute Gasteiger partial charge is 0.493 e. The Morgan fingerprint density at radius 1 is 1.10 bits per heavy atom.